The van der Waals surface area contributed by atoms with Crippen LogP contribution in [0.2, 0.25) is 5.02 Å². The van der Waals surface area contributed by atoms with Crippen LogP contribution in [0.15, 0.2) is 30.3 Å². The van der Waals surface area contributed by atoms with Crippen LogP contribution in [0.3, 0.4) is 0 Å². The summed E-state index contributed by atoms with van der Waals surface area (Å²) in [5.41, 5.74) is 9.66. The molecule has 136 valence electrons. The Morgan fingerprint density at radius 2 is 1.76 bits per heavy atom. The molecule has 3 N–H and O–H groups in total. The molecule has 1 fully saturated rings. The summed E-state index contributed by atoms with van der Waals surface area (Å²) in [4.78, 5) is 12.7. The maximum Gasteiger partial charge on any atom is 0.253 e. The average Bonchev–Trinajstić information content (AvgIpc) is 2.85. The molecule has 4 nitrogen and oxygen atoms in total. The normalized spacial score (nSPS) is 20.0. The minimum Gasteiger partial charge on any atom is -0.349 e. The number of nitrogens with two attached hydrogens (primary N) is 1. The highest BCUT2D eigenvalue weighted by atomic mass is 35.5. The molecule has 0 atom stereocenters. The number of carbonyl (C=O) groups excluding carboxylic acids is 1. The maximum atomic E-state index is 12.7. The van der Waals surface area contributed by atoms with Gasteiger partial charge in [0.15, 0.2) is 0 Å². The van der Waals surface area contributed by atoms with E-state index in [0.29, 0.717) is 5.02 Å². The van der Waals surface area contributed by atoms with Crippen molar-refractivity contribution in [2.75, 3.05) is 0 Å². The van der Waals surface area contributed by atoms with Gasteiger partial charge in [0.1, 0.15) is 0 Å². The summed E-state index contributed by atoms with van der Waals surface area (Å²) in [6.07, 6.45) is 3.88. The minimum absolute atomic E-state index is 0. The van der Waals surface area contributed by atoms with E-state index in [1.54, 1.807) is 0 Å². The number of aryl methyl sites for hydroxylation is 1. The van der Waals surface area contributed by atoms with Gasteiger partial charge >= 0.3 is 0 Å². The van der Waals surface area contributed by atoms with Crippen LogP contribution in [0.1, 0.15) is 47.4 Å². The first-order valence-electron chi connectivity index (χ1n) is 8.47. The van der Waals surface area contributed by atoms with Gasteiger partial charge in [0.2, 0.25) is 0 Å². The molecule has 6 heteroatoms. The van der Waals surface area contributed by atoms with E-state index in [4.69, 9.17) is 17.3 Å². The number of nitrogens with one attached hydrogen (secondary N) is 1. The van der Waals surface area contributed by atoms with Crippen molar-refractivity contribution in [1.82, 2.24) is 9.88 Å². The number of amides is 1. The third-order valence-corrected chi connectivity index (χ3v) is 5.12. The molecule has 1 aliphatic rings. The van der Waals surface area contributed by atoms with Crippen LogP contribution in [-0.4, -0.2) is 22.6 Å². The molecular formula is C19H25Cl2N3O. The summed E-state index contributed by atoms with van der Waals surface area (Å²) in [6, 6.07) is 10.1. The van der Waals surface area contributed by atoms with Crippen molar-refractivity contribution in [3.05, 3.63) is 52.3 Å². The van der Waals surface area contributed by atoms with E-state index in [2.05, 4.69) is 9.88 Å². The van der Waals surface area contributed by atoms with Gasteiger partial charge in [-0.15, -0.1) is 12.4 Å². The van der Waals surface area contributed by atoms with Crippen LogP contribution in [0.4, 0.5) is 0 Å². The van der Waals surface area contributed by atoms with Crippen molar-refractivity contribution in [1.29, 1.82) is 0 Å². The summed E-state index contributed by atoms with van der Waals surface area (Å²) < 4.78 is 2.09. The van der Waals surface area contributed by atoms with Crippen molar-refractivity contribution in [2.24, 2.45) is 5.73 Å². The van der Waals surface area contributed by atoms with E-state index in [9.17, 15) is 4.79 Å². The Morgan fingerprint density at radius 3 is 2.36 bits per heavy atom. The molecule has 1 aromatic carbocycles. The Bertz CT molecular complexity index is 732. The minimum atomic E-state index is 0. The summed E-state index contributed by atoms with van der Waals surface area (Å²) >= 11 is 5.97. The molecule has 3 rings (SSSR count). The van der Waals surface area contributed by atoms with Crippen molar-refractivity contribution in [3.63, 3.8) is 0 Å². The van der Waals surface area contributed by atoms with E-state index in [-0.39, 0.29) is 30.4 Å². The average molecular weight is 382 g/mol. The van der Waals surface area contributed by atoms with E-state index < -0.39 is 0 Å². The maximum absolute atomic E-state index is 12.7. The molecule has 2 aromatic rings. The monoisotopic (exact) mass is 381 g/mol. The van der Waals surface area contributed by atoms with Gasteiger partial charge in [0.25, 0.3) is 5.91 Å². The highest BCUT2D eigenvalue weighted by Crippen LogP contribution is 2.23. The molecule has 0 unspecified atom stereocenters. The quantitative estimate of drug-likeness (QED) is 0.837. The first-order chi connectivity index (χ1) is 11.5. The van der Waals surface area contributed by atoms with Gasteiger partial charge in [-0.1, -0.05) is 11.6 Å². The van der Waals surface area contributed by atoms with E-state index in [1.165, 1.54) is 0 Å². The molecule has 0 bridgehead atoms. The number of hydrogen-bond acceptors (Lipinski definition) is 2. The number of carbonyl (C=O) groups is 1. The van der Waals surface area contributed by atoms with Crippen LogP contribution in [0.5, 0.6) is 0 Å². The van der Waals surface area contributed by atoms with Gasteiger partial charge in [0, 0.05) is 34.2 Å². The van der Waals surface area contributed by atoms with Crippen LogP contribution in [0.25, 0.3) is 5.69 Å². The smallest absolute Gasteiger partial charge is 0.253 e. The van der Waals surface area contributed by atoms with Crippen molar-refractivity contribution in [3.8, 4) is 5.69 Å². The lowest BCUT2D eigenvalue weighted by Crippen LogP contribution is -2.40. The lowest BCUT2D eigenvalue weighted by Gasteiger charge is -2.26. The molecule has 1 heterocycles. The van der Waals surface area contributed by atoms with Crippen molar-refractivity contribution < 1.29 is 4.79 Å². The second-order valence-corrected chi connectivity index (χ2v) is 7.12. The molecule has 1 aliphatic carbocycles. The van der Waals surface area contributed by atoms with Crippen molar-refractivity contribution >= 4 is 29.9 Å². The highest BCUT2D eigenvalue weighted by molar-refractivity contribution is 6.30. The van der Waals surface area contributed by atoms with Gasteiger partial charge in [-0.2, -0.15) is 0 Å². The van der Waals surface area contributed by atoms with E-state index in [0.717, 1.165) is 48.3 Å². The summed E-state index contributed by atoms with van der Waals surface area (Å²) in [5, 5.41) is 3.87. The number of aromatic nitrogens is 1. The predicted molar refractivity (Wildman–Crippen MR) is 105 cm³/mol. The zero-order valence-corrected chi connectivity index (χ0v) is 16.2. The van der Waals surface area contributed by atoms with E-state index >= 15 is 0 Å². The second kappa shape index (κ2) is 8.26. The summed E-state index contributed by atoms with van der Waals surface area (Å²) in [5.74, 6) is 0.00350. The molecule has 25 heavy (non-hydrogen) atoms. The molecule has 1 amide bonds. The Kier molecular flexibility index (Phi) is 6.55. The highest BCUT2D eigenvalue weighted by Gasteiger charge is 2.23. The van der Waals surface area contributed by atoms with Gasteiger partial charge < -0.3 is 15.6 Å². The molecule has 0 spiro atoms. The number of nitrogens with zero attached hydrogens (tertiary/aromatic N) is 1. The zero-order chi connectivity index (χ0) is 17.3. The largest absolute Gasteiger partial charge is 0.349 e. The topological polar surface area (TPSA) is 60.1 Å². The molecule has 1 aromatic heterocycles. The fourth-order valence-electron chi connectivity index (χ4n) is 3.51. The number of rotatable bonds is 3. The first-order valence-corrected chi connectivity index (χ1v) is 8.85. The van der Waals surface area contributed by atoms with Gasteiger partial charge in [-0.05, 0) is 69.9 Å². The standard InChI is InChI=1S/C19H24ClN3O.ClH/c1-12-11-18(19(24)22-16-7-5-15(21)6-8-16)13(2)23(12)17-9-3-14(20)4-10-17;/h3-4,9-11,15-16H,5-8,21H2,1-2H3,(H,22,24);1H. The lowest BCUT2D eigenvalue weighted by atomic mass is 9.91. The van der Waals surface area contributed by atoms with E-state index in [1.807, 2.05) is 44.2 Å². The third-order valence-electron chi connectivity index (χ3n) is 4.87. The SMILES string of the molecule is Cc1cc(C(=O)NC2CCC(N)CC2)c(C)n1-c1ccc(Cl)cc1.Cl. The van der Waals surface area contributed by atoms with Gasteiger partial charge in [-0.25, -0.2) is 0 Å². The first kappa shape index (κ1) is 19.8. The Morgan fingerprint density at radius 1 is 1.16 bits per heavy atom. The Labute approximate surface area is 160 Å². The summed E-state index contributed by atoms with van der Waals surface area (Å²) in [6.45, 7) is 3.99. The van der Waals surface area contributed by atoms with Crippen LogP contribution < -0.4 is 11.1 Å². The van der Waals surface area contributed by atoms with Gasteiger partial charge in [-0.3, -0.25) is 4.79 Å². The molecule has 0 aliphatic heterocycles. The number of benzene rings is 1. The van der Waals surface area contributed by atoms with Crippen LogP contribution >= 0.6 is 24.0 Å². The van der Waals surface area contributed by atoms with Gasteiger partial charge in [0.05, 0.1) is 5.56 Å². The number of hydrogen-bond donors (Lipinski definition) is 2. The number of halogens is 2. The van der Waals surface area contributed by atoms with Crippen LogP contribution in [-0.2, 0) is 0 Å². The zero-order valence-electron chi connectivity index (χ0n) is 14.6. The molecule has 0 saturated heterocycles. The Balaban J connectivity index is 0.00000225. The fraction of sp³-hybridized carbons (Fsp3) is 0.421. The van der Waals surface area contributed by atoms with Crippen LogP contribution in [0, 0.1) is 13.8 Å². The van der Waals surface area contributed by atoms with Crippen molar-refractivity contribution in [2.45, 2.75) is 51.6 Å². The molecule has 1 saturated carbocycles. The molecular weight excluding hydrogens is 357 g/mol. The third kappa shape index (κ3) is 4.38. The predicted octanol–water partition coefficient (Wildman–Crippen LogP) is 4.17. The lowest BCUT2D eigenvalue weighted by molar-refractivity contribution is 0.0925. The summed E-state index contributed by atoms with van der Waals surface area (Å²) in [7, 11) is 0. The second-order valence-electron chi connectivity index (χ2n) is 6.68. The Hall–Kier alpha value is -1.49. The fourth-order valence-corrected chi connectivity index (χ4v) is 3.63. The molecule has 0 radical (unpaired) electrons.